The van der Waals surface area contributed by atoms with E-state index in [1.54, 1.807) is 0 Å². The normalized spacial score (nSPS) is 10.1. The number of anilines is 1. The number of para-hydroxylation sites is 1. The van der Waals surface area contributed by atoms with Crippen molar-refractivity contribution >= 4 is 23.5 Å². The van der Waals surface area contributed by atoms with Crippen LogP contribution in [0.25, 0.3) is 0 Å². The first-order valence-electron chi connectivity index (χ1n) is 7.43. The average Bonchev–Trinajstić information content (AvgIpc) is 2.45. The number of benzene rings is 1. The molecule has 1 aromatic rings. The van der Waals surface area contributed by atoms with Crippen LogP contribution in [-0.4, -0.2) is 52.6 Å². The summed E-state index contributed by atoms with van der Waals surface area (Å²) >= 11 is 0. The van der Waals surface area contributed by atoms with Crippen LogP contribution in [0.3, 0.4) is 0 Å². The second kappa shape index (κ2) is 10.8. The molecule has 0 atom stereocenters. The minimum absolute atomic E-state index is 0. The van der Waals surface area contributed by atoms with Crippen LogP contribution in [0.2, 0.25) is 0 Å². The zero-order valence-electron chi connectivity index (χ0n) is 13.7. The Morgan fingerprint density at radius 2 is 1.42 bits per heavy atom. The summed E-state index contributed by atoms with van der Waals surface area (Å²) in [5.41, 5.74) is 2.70. The number of aryl methyl sites for hydroxylation is 2. The molecule has 0 bridgehead atoms. The Morgan fingerprint density at radius 3 is 1.79 bits per heavy atom. The van der Waals surface area contributed by atoms with Gasteiger partial charge >= 0.3 is 11.9 Å². The summed E-state index contributed by atoms with van der Waals surface area (Å²) in [5, 5.41) is 20.4. The van der Waals surface area contributed by atoms with Gasteiger partial charge in [0.05, 0.1) is 19.6 Å². The van der Waals surface area contributed by atoms with Gasteiger partial charge in [-0.15, -0.1) is 0 Å². The summed E-state index contributed by atoms with van der Waals surface area (Å²) in [6.45, 7) is 2.66. The van der Waals surface area contributed by atoms with Gasteiger partial charge in [-0.1, -0.05) is 32.0 Å². The van der Waals surface area contributed by atoms with Gasteiger partial charge in [-0.3, -0.25) is 19.3 Å². The molecule has 0 aliphatic rings. The number of hydrogen-bond acceptors (Lipinski definition) is 4. The molecule has 0 radical (unpaired) electrons. The van der Waals surface area contributed by atoms with E-state index in [1.165, 1.54) is 0 Å². The number of nitrogens with one attached hydrogen (secondary N) is 1. The van der Waals surface area contributed by atoms with Crippen LogP contribution in [0.15, 0.2) is 18.2 Å². The maximum absolute atomic E-state index is 12.2. The molecule has 0 aliphatic heterocycles. The van der Waals surface area contributed by atoms with Crippen molar-refractivity contribution in [3.8, 4) is 0 Å². The number of nitrogens with zero attached hydrogens (tertiary/aromatic N) is 1. The third-order valence-electron chi connectivity index (χ3n) is 3.35. The molecule has 0 spiro atoms. The number of carbonyl (C=O) groups excluding carboxylic acids is 1. The molecule has 132 valence electrons. The number of amides is 1. The van der Waals surface area contributed by atoms with Crippen molar-refractivity contribution < 1.29 is 42.0 Å². The molecule has 3 N–H and O–H groups in total. The maximum Gasteiger partial charge on any atom is 0.317 e. The molecule has 0 unspecified atom stereocenters. The van der Waals surface area contributed by atoms with Gasteiger partial charge < -0.3 is 15.5 Å². The van der Waals surface area contributed by atoms with Gasteiger partial charge in [0.15, 0.2) is 0 Å². The van der Waals surface area contributed by atoms with Gasteiger partial charge in [0, 0.05) is 23.0 Å². The van der Waals surface area contributed by atoms with Gasteiger partial charge in [0.25, 0.3) is 0 Å². The van der Waals surface area contributed by atoms with Crippen LogP contribution in [0.5, 0.6) is 0 Å². The molecular weight excluding hydrogens is 352 g/mol. The topological polar surface area (TPSA) is 107 Å². The van der Waals surface area contributed by atoms with Gasteiger partial charge in [-0.2, -0.15) is 0 Å². The molecule has 0 saturated heterocycles. The quantitative estimate of drug-likeness (QED) is 0.600. The van der Waals surface area contributed by atoms with Crippen molar-refractivity contribution in [2.45, 2.75) is 26.7 Å². The van der Waals surface area contributed by atoms with Crippen molar-refractivity contribution in [2.75, 3.05) is 25.0 Å². The zero-order chi connectivity index (χ0) is 17.4. The summed E-state index contributed by atoms with van der Waals surface area (Å²) < 4.78 is 0. The fourth-order valence-corrected chi connectivity index (χ4v) is 2.34. The largest absolute Gasteiger partial charge is 0.480 e. The van der Waals surface area contributed by atoms with Crippen molar-refractivity contribution in [3.05, 3.63) is 29.3 Å². The van der Waals surface area contributed by atoms with Gasteiger partial charge in [-0.05, 0) is 24.0 Å². The van der Waals surface area contributed by atoms with E-state index >= 15 is 0 Å². The molecule has 1 amide bonds. The molecule has 1 rings (SSSR count). The average molecular weight is 374 g/mol. The van der Waals surface area contributed by atoms with Crippen molar-refractivity contribution in [1.82, 2.24) is 4.90 Å². The second-order valence-electron chi connectivity index (χ2n) is 5.14. The van der Waals surface area contributed by atoms with Crippen LogP contribution in [-0.2, 0) is 44.6 Å². The van der Waals surface area contributed by atoms with E-state index in [1.807, 2.05) is 32.0 Å². The molecule has 1 aromatic carbocycles. The van der Waals surface area contributed by atoms with Crippen LogP contribution >= 0.6 is 0 Å². The molecule has 0 heterocycles. The summed E-state index contributed by atoms with van der Waals surface area (Å²) in [6, 6.07) is 5.76. The first-order valence-corrected chi connectivity index (χ1v) is 7.43. The first-order chi connectivity index (χ1) is 10.9. The van der Waals surface area contributed by atoms with Gasteiger partial charge in [-0.25, -0.2) is 0 Å². The summed E-state index contributed by atoms with van der Waals surface area (Å²) in [6.07, 6.45) is 1.49. The molecule has 7 nitrogen and oxygen atoms in total. The van der Waals surface area contributed by atoms with E-state index in [0.29, 0.717) is 0 Å². The number of carbonyl (C=O) groups is 3. The fraction of sp³-hybridized carbons (Fsp3) is 0.438. The summed E-state index contributed by atoms with van der Waals surface area (Å²) in [4.78, 5) is 34.8. The minimum Gasteiger partial charge on any atom is -0.480 e. The molecule has 8 heteroatoms. The van der Waals surface area contributed by atoms with E-state index in [4.69, 9.17) is 10.2 Å². The Hall–Kier alpha value is -1.88. The van der Waals surface area contributed by atoms with E-state index in [9.17, 15) is 14.4 Å². The minimum atomic E-state index is -1.18. The summed E-state index contributed by atoms with van der Waals surface area (Å²) in [7, 11) is 0. The Labute approximate surface area is 151 Å². The van der Waals surface area contributed by atoms with Crippen LogP contribution < -0.4 is 5.32 Å². The number of carboxylic acids is 2. The zero-order valence-corrected chi connectivity index (χ0v) is 15.0. The molecule has 0 saturated carbocycles. The van der Waals surface area contributed by atoms with E-state index in [0.717, 1.165) is 34.6 Å². The Morgan fingerprint density at radius 1 is 0.958 bits per heavy atom. The Balaban J connectivity index is 0.00000529. The first kappa shape index (κ1) is 22.1. The van der Waals surface area contributed by atoms with Crippen molar-refractivity contribution in [1.29, 1.82) is 0 Å². The SMILES string of the molecule is CCc1cccc(CC)c1NC(=O)CN(CC(=O)O)CC(=O)O.[Cr]. The molecule has 24 heavy (non-hydrogen) atoms. The van der Waals surface area contributed by atoms with Gasteiger partial charge in [0.2, 0.25) is 5.91 Å². The fourth-order valence-electron chi connectivity index (χ4n) is 2.34. The van der Waals surface area contributed by atoms with Crippen LogP contribution in [0.4, 0.5) is 5.69 Å². The predicted molar refractivity (Wildman–Crippen MR) is 85.5 cm³/mol. The van der Waals surface area contributed by atoms with E-state index in [2.05, 4.69) is 5.32 Å². The monoisotopic (exact) mass is 374 g/mol. The second-order valence-corrected chi connectivity index (χ2v) is 5.14. The smallest absolute Gasteiger partial charge is 0.317 e. The molecule has 0 fully saturated rings. The van der Waals surface area contributed by atoms with Crippen molar-refractivity contribution in [3.63, 3.8) is 0 Å². The molecular formula is C16H22CrN2O5. The Bertz CT molecular complexity index is 554. The number of aliphatic carboxylic acids is 2. The molecule has 0 aliphatic carbocycles. The summed E-state index contributed by atoms with van der Waals surface area (Å²) in [5.74, 6) is -2.78. The van der Waals surface area contributed by atoms with Gasteiger partial charge in [0.1, 0.15) is 0 Å². The number of carboxylic acid groups (broad SMARTS) is 2. The predicted octanol–water partition coefficient (Wildman–Crippen LogP) is 1.22. The Kier molecular flexibility index (Phi) is 9.97. The number of hydrogen-bond donors (Lipinski definition) is 3. The third-order valence-corrected chi connectivity index (χ3v) is 3.35. The van der Waals surface area contributed by atoms with Crippen LogP contribution in [0.1, 0.15) is 25.0 Å². The molecule has 0 aromatic heterocycles. The van der Waals surface area contributed by atoms with E-state index < -0.39 is 30.9 Å². The standard InChI is InChI=1S/C16H22N2O5.Cr/c1-3-11-6-5-7-12(4-2)16(11)17-13(19)8-18(9-14(20)21)10-15(22)23;/h5-7H,3-4,8-10H2,1-2H3,(H,17,19)(H,20,21)(H,22,23);. The van der Waals surface area contributed by atoms with Crippen LogP contribution in [0, 0.1) is 0 Å². The van der Waals surface area contributed by atoms with Crippen molar-refractivity contribution in [2.24, 2.45) is 0 Å². The van der Waals surface area contributed by atoms with E-state index in [-0.39, 0.29) is 23.9 Å². The maximum atomic E-state index is 12.2. The number of rotatable bonds is 9. The third kappa shape index (κ3) is 7.13.